The van der Waals surface area contributed by atoms with E-state index in [1.807, 2.05) is 48.6 Å². The lowest BCUT2D eigenvalue weighted by Gasteiger charge is -2.14. The van der Waals surface area contributed by atoms with Crippen molar-refractivity contribution in [3.05, 3.63) is 95.8 Å². The first-order chi connectivity index (χ1) is 16.2. The molecule has 0 bridgehead atoms. The third kappa shape index (κ3) is 4.15. The van der Waals surface area contributed by atoms with Crippen molar-refractivity contribution in [3.8, 4) is 11.1 Å². The van der Waals surface area contributed by atoms with Crippen LogP contribution >= 0.6 is 0 Å². The van der Waals surface area contributed by atoms with Crippen LogP contribution in [0, 0.1) is 0 Å². The van der Waals surface area contributed by atoms with Crippen molar-refractivity contribution in [3.63, 3.8) is 0 Å². The summed E-state index contributed by atoms with van der Waals surface area (Å²) >= 11 is 0. The molecule has 0 fully saturated rings. The summed E-state index contributed by atoms with van der Waals surface area (Å²) in [5, 5.41) is 2.82. The topological polar surface area (TPSA) is 90.1 Å². The Balaban J connectivity index is 1.16. The highest BCUT2D eigenvalue weighted by molar-refractivity contribution is 5.90. The Labute approximate surface area is 192 Å². The molecule has 33 heavy (non-hydrogen) atoms. The van der Waals surface area contributed by atoms with Gasteiger partial charge in [0, 0.05) is 36.1 Å². The Morgan fingerprint density at radius 3 is 2.42 bits per heavy atom. The molecule has 0 aliphatic heterocycles. The number of carbonyl (C=O) groups is 1. The van der Waals surface area contributed by atoms with E-state index >= 15 is 0 Å². The van der Waals surface area contributed by atoms with Crippen LogP contribution in [0.2, 0.25) is 0 Å². The third-order valence-electron chi connectivity index (χ3n) is 5.92. The number of fused-ring (bicyclic) bond motifs is 4. The number of amides is 1. The molecule has 0 unspecified atom stereocenters. The summed E-state index contributed by atoms with van der Waals surface area (Å²) in [6.07, 6.45) is 7.42. The van der Waals surface area contributed by atoms with Crippen LogP contribution in [-0.2, 0) is 4.74 Å². The van der Waals surface area contributed by atoms with Crippen molar-refractivity contribution in [2.24, 2.45) is 0 Å². The summed E-state index contributed by atoms with van der Waals surface area (Å²) < 4.78 is 5.57. The van der Waals surface area contributed by atoms with Gasteiger partial charge in [0.05, 0.1) is 11.0 Å². The van der Waals surface area contributed by atoms with Crippen LogP contribution in [0.25, 0.3) is 28.2 Å². The normalized spacial score (nSPS) is 12.6. The van der Waals surface area contributed by atoms with Gasteiger partial charge < -0.3 is 15.8 Å². The van der Waals surface area contributed by atoms with Crippen molar-refractivity contribution in [1.29, 1.82) is 0 Å². The average molecular weight is 437 g/mol. The molecule has 3 aromatic carbocycles. The summed E-state index contributed by atoms with van der Waals surface area (Å²) in [5.41, 5.74) is 14.0. The summed E-state index contributed by atoms with van der Waals surface area (Å²) in [6.45, 7) is 0.768. The van der Waals surface area contributed by atoms with Gasteiger partial charge in [0.1, 0.15) is 6.61 Å². The molecule has 1 amide bonds. The Bertz CT molecular complexity index is 1300. The number of aromatic nitrogens is 2. The summed E-state index contributed by atoms with van der Waals surface area (Å²) in [5.74, 6) is 0.0542. The summed E-state index contributed by atoms with van der Waals surface area (Å²) in [7, 11) is 0. The molecule has 1 heterocycles. The molecule has 0 saturated heterocycles. The van der Waals surface area contributed by atoms with Gasteiger partial charge in [0.25, 0.3) is 0 Å². The van der Waals surface area contributed by atoms with E-state index in [2.05, 4.69) is 39.6 Å². The first-order valence-corrected chi connectivity index (χ1v) is 11.0. The molecule has 6 heteroatoms. The first kappa shape index (κ1) is 20.7. The molecular weight excluding hydrogens is 412 g/mol. The zero-order chi connectivity index (χ0) is 22.6. The van der Waals surface area contributed by atoms with E-state index in [0.29, 0.717) is 25.3 Å². The predicted molar refractivity (Wildman–Crippen MR) is 131 cm³/mol. The molecule has 1 aliphatic rings. The van der Waals surface area contributed by atoms with Crippen LogP contribution in [0.5, 0.6) is 0 Å². The van der Waals surface area contributed by atoms with Gasteiger partial charge in [-0.2, -0.15) is 0 Å². The van der Waals surface area contributed by atoms with Gasteiger partial charge in [0.15, 0.2) is 0 Å². The third-order valence-corrected chi connectivity index (χ3v) is 5.92. The Morgan fingerprint density at radius 2 is 1.67 bits per heavy atom. The maximum absolute atomic E-state index is 12.3. The van der Waals surface area contributed by atoms with E-state index in [4.69, 9.17) is 10.5 Å². The second-order valence-electron chi connectivity index (χ2n) is 7.94. The second-order valence-corrected chi connectivity index (χ2v) is 7.94. The number of benzene rings is 3. The van der Waals surface area contributed by atoms with Gasteiger partial charge in [0.2, 0.25) is 0 Å². The number of nitrogen functional groups attached to an aromatic ring is 1. The Morgan fingerprint density at radius 1 is 0.970 bits per heavy atom. The van der Waals surface area contributed by atoms with E-state index in [0.717, 1.165) is 16.6 Å². The lowest BCUT2D eigenvalue weighted by atomic mass is 9.98. The average Bonchev–Trinajstić information content (AvgIpc) is 3.17. The molecule has 0 spiro atoms. The lowest BCUT2D eigenvalue weighted by molar-refractivity contribution is 0.143. The second kappa shape index (κ2) is 9.12. The molecule has 6 nitrogen and oxygen atoms in total. The van der Waals surface area contributed by atoms with Gasteiger partial charge >= 0.3 is 6.09 Å². The van der Waals surface area contributed by atoms with Crippen LogP contribution in [0.3, 0.4) is 0 Å². The first-order valence-electron chi connectivity index (χ1n) is 11.0. The van der Waals surface area contributed by atoms with Gasteiger partial charge in [-0.15, -0.1) is 0 Å². The highest BCUT2D eigenvalue weighted by Crippen LogP contribution is 2.44. The standard InChI is InChI=1S/C27H24N4O2/c28-24-12-13-25-26(30-16-15-29-25)22(24)11-5-6-14-31-27(32)33-17-23-20-9-3-1-7-18(20)19-8-2-4-10-21(19)23/h1-5,7-13,15-16,23H,6,14,17,28H2,(H,31,32). The Kier molecular flexibility index (Phi) is 5.72. The van der Waals surface area contributed by atoms with Crippen LogP contribution in [0.15, 0.2) is 79.1 Å². The smallest absolute Gasteiger partial charge is 0.407 e. The maximum Gasteiger partial charge on any atom is 0.407 e. The minimum Gasteiger partial charge on any atom is -0.449 e. The van der Waals surface area contributed by atoms with E-state index < -0.39 is 6.09 Å². The molecule has 0 atom stereocenters. The van der Waals surface area contributed by atoms with Gasteiger partial charge in [-0.25, -0.2) is 4.79 Å². The molecular formula is C27H24N4O2. The van der Waals surface area contributed by atoms with Crippen LogP contribution in [0.4, 0.5) is 10.5 Å². The number of anilines is 1. The van der Waals surface area contributed by atoms with Gasteiger partial charge in [-0.3, -0.25) is 9.97 Å². The van der Waals surface area contributed by atoms with Crippen molar-refractivity contribution in [2.45, 2.75) is 12.3 Å². The number of ether oxygens (including phenoxy) is 1. The van der Waals surface area contributed by atoms with Gasteiger partial charge in [-0.05, 0) is 40.8 Å². The van der Waals surface area contributed by atoms with E-state index in [-0.39, 0.29) is 5.92 Å². The van der Waals surface area contributed by atoms with Crippen LogP contribution < -0.4 is 11.1 Å². The zero-order valence-corrected chi connectivity index (χ0v) is 18.1. The summed E-state index contributed by atoms with van der Waals surface area (Å²) in [6, 6.07) is 20.3. The van der Waals surface area contributed by atoms with Crippen molar-refractivity contribution in [1.82, 2.24) is 15.3 Å². The molecule has 0 radical (unpaired) electrons. The fourth-order valence-corrected chi connectivity index (χ4v) is 4.36. The minimum absolute atomic E-state index is 0.0542. The SMILES string of the molecule is Nc1ccc2nccnc2c1C=CCCNC(=O)OCC1c2ccccc2-c2ccccc21. The van der Waals surface area contributed by atoms with E-state index in [9.17, 15) is 4.79 Å². The number of hydrogen-bond acceptors (Lipinski definition) is 5. The number of nitrogens with two attached hydrogens (primary N) is 1. The van der Waals surface area contributed by atoms with Crippen LogP contribution in [0.1, 0.15) is 29.0 Å². The van der Waals surface area contributed by atoms with Crippen molar-refractivity contribution >= 4 is 28.9 Å². The fourth-order valence-electron chi connectivity index (χ4n) is 4.36. The number of rotatable bonds is 6. The molecule has 4 aromatic rings. The molecule has 0 saturated carbocycles. The van der Waals surface area contributed by atoms with Crippen LogP contribution in [-0.4, -0.2) is 29.2 Å². The quantitative estimate of drug-likeness (QED) is 0.322. The molecule has 5 rings (SSSR count). The predicted octanol–water partition coefficient (Wildman–Crippen LogP) is 5.15. The van der Waals surface area contributed by atoms with E-state index in [1.165, 1.54) is 22.3 Å². The minimum atomic E-state index is -0.416. The largest absolute Gasteiger partial charge is 0.449 e. The maximum atomic E-state index is 12.3. The monoisotopic (exact) mass is 436 g/mol. The Hall–Kier alpha value is -4.19. The molecule has 164 valence electrons. The number of nitrogens with zero attached hydrogens (tertiary/aromatic N) is 2. The van der Waals surface area contributed by atoms with Crippen molar-refractivity contribution < 1.29 is 9.53 Å². The fraction of sp³-hybridized carbons (Fsp3) is 0.148. The van der Waals surface area contributed by atoms with E-state index in [1.54, 1.807) is 12.4 Å². The van der Waals surface area contributed by atoms with Gasteiger partial charge in [-0.1, -0.05) is 60.7 Å². The number of nitrogens with one attached hydrogen (secondary N) is 1. The zero-order valence-electron chi connectivity index (χ0n) is 18.1. The highest BCUT2D eigenvalue weighted by atomic mass is 16.5. The molecule has 1 aliphatic carbocycles. The lowest BCUT2D eigenvalue weighted by Crippen LogP contribution is -2.26. The number of hydrogen-bond donors (Lipinski definition) is 2. The van der Waals surface area contributed by atoms with Crippen molar-refractivity contribution in [2.75, 3.05) is 18.9 Å². The molecule has 1 aromatic heterocycles. The summed E-state index contributed by atoms with van der Waals surface area (Å²) in [4.78, 5) is 21.0. The highest BCUT2D eigenvalue weighted by Gasteiger charge is 2.28. The number of carbonyl (C=O) groups excluding carboxylic acids is 1. The number of alkyl carbamates (subject to hydrolysis) is 1. The molecule has 3 N–H and O–H groups in total.